The fraction of sp³-hybridized carbons (Fsp3) is 0.133. The van der Waals surface area contributed by atoms with Crippen molar-refractivity contribution in [2.24, 2.45) is 0 Å². The molecule has 0 spiro atoms. The first-order chi connectivity index (χ1) is 9.70. The second-order valence-corrected chi connectivity index (χ2v) is 5.34. The van der Waals surface area contributed by atoms with Gasteiger partial charge >= 0.3 is 0 Å². The summed E-state index contributed by atoms with van der Waals surface area (Å²) in [5, 5.41) is 6.44. The van der Waals surface area contributed by atoms with Crippen LogP contribution in [0.25, 0.3) is 0 Å². The number of halogens is 1. The lowest BCUT2D eigenvalue weighted by Crippen LogP contribution is -2.22. The molecule has 5 heteroatoms. The van der Waals surface area contributed by atoms with Gasteiger partial charge in [0, 0.05) is 10.6 Å². The van der Waals surface area contributed by atoms with Crippen LogP contribution in [-0.2, 0) is 4.79 Å². The third-order valence-corrected chi connectivity index (χ3v) is 3.82. The third-order valence-electron chi connectivity index (χ3n) is 2.69. The van der Waals surface area contributed by atoms with Crippen LogP contribution in [-0.4, -0.2) is 18.7 Å². The van der Waals surface area contributed by atoms with Crippen LogP contribution < -0.4 is 10.6 Å². The fourth-order valence-corrected chi connectivity index (χ4v) is 2.48. The maximum atomic E-state index is 11.9. The van der Waals surface area contributed by atoms with Gasteiger partial charge in [-0.15, -0.1) is 11.8 Å². The highest BCUT2D eigenvalue weighted by atomic mass is 35.5. The van der Waals surface area contributed by atoms with Gasteiger partial charge in [-0.2, -0.15) is 0 Å². The third kappa shape index (κ3) is 3.92. The van der Waals surface area contributed by atoms with Crippen molar-refractivity contribution in [2.75, 3.05) is 23.4 Å². The first kappa shape index (κ1) is 14.8. The van der Waals surface area contributed by atoms with Crippen LogP contribution >= 0.6 is 23.4 Å². The SMILES string of the molecule is CSc1ccccc1NCC(=O)Nc1ccccc1Cl. The van der Waals surface area contributed by atoms with E-state index in [2.05, 4.69) is 10.6 Å². The van der Waals surface area contributed by atoms with E-state index in [1.54, 1.807) is 23.9 Å². The zero-order chi connectivity index (χ0) is 14.4. The van der Waals surface area contributed by atoms with Crippen molar-refractivity contribution in [2.45, 2.75) is 4.90 Å². The number of para-hydroxylation sites is 2. The van der Waals surface area contributed by atoms with Gasteiger partial charge in [-0.25, -0.2) is 0 Å². The number of anilines is 2. The number of carbonyl (C=O) groups excluding carboxylic acids is 1. The molecule has 0 fully saturated rings. The predicted octanol–water partition coefficient (Wildman–Crippen LogP) is 4.11. The summed E-state index contributed by atoms with van der Waals surface area (Å²) in [4.78, 5) is 13.0. The van der Waals surface area contributed by atoms with Crippen molar-refractivity contribution in [3.05, 3.63) is 53.6 Å². The second kappa shape index (κ2) is 7.22. The molecule has 0 unspecified atom stereocenters. The molecule has 0 bridgehead atoms. The molecule has 104 valence electrons. The van der Waals surface area contributed by atoms with Crippen LogP contribution in [0.5, 0.6) is 0 Å². The molecule has 3 nitrogen and oxygen atoms in total. The summed E-state index contributed by atoms with van der Waals surface area (Å²) < 4.78 is 0. The van der Waals surface area contributed by atoms with Crippen molar-refractivity contribution in [1.82, 2.24) is 0 Å². The molecule has 0 heterocycles. The van der Waals surface area contributed by atoms with E-state index >= 15 is 0 Å². The maximum Gasteiger partial charge on any atom is 0.243 e. The number of amides is 1. The molecule has 2 aromatic rings. The molecule has 0 aromatic heterocycles. The molecule has 1 amide bonds. The van der Waals surface area contributed by atoms with E-state index in [-0.39, 0.29) is 12.5 Å². The highest BCUT2D eigenvalue weighted by molar-refractivity contribution is 7.98. The van der Waals surface area contributed by atoms with Gasteiger partial charge in [0.25, 0.3) is 0 Å². The first-order valence-electron chi connectivity index (χ1n) is 6.12. The number of thioether (sulfide) groups is 1. The Bertz CT molecular complexity index is 604. The Labute approximate surface area is 127 Å². The average molecular weight is 307 g/mol. The second-order valence-electron chi connectivity index (χ2n) is 4.08. The van der Waals surface area contributed by atoms with Crippen molar-refractivity contribution in [3.8, 4) is 0 Å². The van der Waals surface area contributed by atoms with Crippen molar-refractivity contribution < 1.29 is 4.79 Å². The lowest BCUT2D eigenvalue weighted by Gasteiger charge is -2.11. The lowest BCUT2D eigenvalue weighted by molar-refractivity contribution is -0.114. The Morgan fingerprint density at radius 3 is 2.45 bits per heavy atom. The zero-order valence-corrected chi connectivity index (χ0v) is 12.6. The summed E-state index contributed by atoms with van der Waals surface area (Å²) in [5.74, 6) is -0.131. The van der Waals surface area contributed by atoms with E-state index in [1.807, 2.05) is 42.7 Å². The molecule has 0 aliphatic carbocycles. The van der Waals surface area contributed by atoms with E-state index in [0.29, 0.717) is 10.7 Å². The van der Waals surface area contributed by atoms with Gasteiger partial charge in [0.2, 0.25) is 5.91 Å². The van der Waals surface area contributed by atoms with Crippen LogP contribution in [0.1, 0.15) is 0 Å². The Morgan fingerprint density at radius 2 is 1.75 bits per heavy atom. The summed E-state index contributed by atoms with van der Waals surface area (Å²) >= 11 is 7.63. The van der Waals surface area contributed by atoms with E-state index in [4.69, 9.17) is 11.6 Å². The number of nitrogens with one attached hydrogen (secondary N) is 2. The largest absolute Gasteiger partial charge is 0.375 e. The number of rotatable bonds is 5. The zero-order valence-electron chi connectivity index (χ0n) is 11.0. The van der Waals surface area contributed by atoms with Crippen LogP contribution in [0.4, 0.5) is 11.4 Å². The number of carbonyl (C=O) groups is 1. The Balaban J connectivity index is 1.94. The van der Waals surface area contributed by atoms with Gasteiger partial charge in [-0.3, -0.25) is 4.79 Å². The minimum Gasteiger partial charge on any atom is -0.375 e. The number of hydrogen-bond acceptors (Lipinski definition) is 3. The normalized spacial score (nSPS) is 10.1. The minimum absolute atomic E-state index is 0.131. The highest BCUT2D eigenvalue weighted by Crippen LogP contribution is 2.24. The molecular formula is C15H15ClN2OS. The molecule has 20 heavy (non-hydrogen) atoms. The Hall–Kier alpha value is -1.65. The summed E-state index contributed by atoms with van der Waals surface area (Å²) in [6, 6.07) is 15.1. The Morgan fingerprint density at radius 1 is 1.10 bits per heavy atom. The number of hydrogen-bond donors (Lipinski definition) is 2. The molecule has 0 saturated carbocycles. The fourth-order valence-electron chi connectivity index (χ4n) is 1.72. The number of benzene rings is 2. The van der Waals surface area contributed by atoms with Gasteiger partial charge < -0.3 is 10.6 Å². The van der Waals surface area contributed by atoms with Crippen LogP contribution in [0.15, 0.2) is 53.4 Å². The van der Waals surface area contributed by atoms with Crippen LogP contribution in [0.3, 0.4) is 0 Å². The van der Waals surface area contributed by atoms with Gasteiger partial charge in [0.1, 0.15) is 0 Å². The summed E-state index contributed by atoms with van der Waals surface area (Å²) in [5.41, 5.74) is 1.58. The highest BCUT2D eigenvalue weighted by Gasteiger charge is 2.06. The van der Waals surface area contributed by atoms with Crippen LogP contribution in [0, 0.1) is 0 Å². The molecule has 2 aromatic carbocycles. The summed E-state index contributed by atoms with van der Waals surface area (Å²) in [6.07, 6.45) is 2.00. The quantitative estimate of drug-likeness (QED) is 0.817. The molecule has 0 aliphatic rings. The van der Waals surface area contributed by atoms with Gasteiger partial charge in [0.05, 0.1) is 17.3 Å². The molecule has 0 saturated heterocycles. The van der Waals surface area contributed by atoms with Gasteiger partial charge in [-0.1, -0.05) is 35.9 Å². The standard InChI is InChI=1S/C15H15ClN2OS/c1-20-14-9-5-4-8-13(14)17-10-15(19)18-12-7-3-2-6-11(12)16/h2-9,17H,10H2,1H3,(H,18,19). The Kier molecular flexibility index (Phi) is 5.32. The molecule has 0 atom stereocenters. The van der Waals surface area contributed by atoms with Crippen molar-refractivity contribution in [3.63, 3.8) is 0 Å². The molecule has 2 N–H and O–H groups in total. The van der Waals surface area contributed by atoms with E-state index < -0.39 is 0 Å². The molecule has 0 aliphatic heterocycles. The molecular weight excluding hydrogens is 292 g/mol. The van der Waals surface area contributed by atoms with E-state index in [1.165, 1.54) is 0 Å². The monoisotopic (exact) mass is 306 g/mol. The topological polar surface area (TPSA) is 41.1 Å². The van der Waals surface area contributed by atoms with Crippen molar-refractivity contribution in [1.29, 1.82) is 0 Å². The molecule has 0 radical (unpaired) electrons. The first-order valence-corrected chi connectivity index (χ1v) is 7.72. The van der Waals surface area contributed by atoms with Crippen LogP contribution in [0.2, 0.25) is 5.02 Å². The summed E-state index contributed by atoms with van der Waals surface area (Å²) in [7, 11) is 0. The summed E-state index contributed by atoms with van der Waals surface area (Å²) in [6.45, 7) is 0.197. The van der Waals surface area contributed by atoms with Gasteiger partial charge in [-0.05, 0) is 30.5 Å². The average Bonchev–Trinajstić information content (AvgIpc) is 2.48. The van der Waals surface area contributed by atoms with Gasteiger partial charge in [0.15, 0.2) is 0 Å². The maximum absolute atomic E-state index is 11.9. The predicted molar refractivity (Wildman–Crippen MR) is 86.8 cm³/mol. The van der Waals surface area contributed by atoms with E-state index in [9.17, 15) is 4.79 Å². The molecule has 2 rings (SSSR count). The smallest absolute Gasteiger partial charge is 0.243 e. The lowest BCUT2D eigenvalue weighted by atomic mass is 10.3. The minimum atomic E-state index is -0.131. The van der Waals surface area contributed by atoms with E-state index in [0.717, 1.165) is 10.6 Å². The van der Waals surface area contributed by atoms with Crippen molar-refractivity contribution >= 4 is 40.6 Å².